The number of piperidine rings is 1. The molecule has 132 valence electrons. The second-order valence-electron chi connectivity index (χ2n) is 7.03. The quantitative estimate of drug-likeness (QED) is 0.930. The number of H-pyrrole nitrogens is 1. The molecule has 25 heavy (non-hydrogen) atoms. The molecule has 0 bridgehead atoms. The Balaban J connectivity index is 1.30. The molecule has 1 fully saturated rings. The number of fused-ring (bicyclic) bond motifs is 1. The average Bonchev–Trinajstić information content (AvgIpc) is 3.09. The zero-order valence-corrected chi connectivity index (χ0v) is 14.6. The molecule has 0 aromatic carbocycles. The third-order valence-corrected chi connectivity index (χ3v) is 5.24. The number of hydrogen-bond acceptors (Lipinski definition) is 4. The number of pyridine rings is 1. The van der Waals surface area contributed by atoms with Crippen molar-refractivity contribution in [3.63, 3.8) is 0 Å². The topological polar surface area (TPSA) is 71.1 Å². The van der Waals surface area contributed by atoms with Crippen LogP contribution in [0, 0.1) is 12.8 Å². The first kappa shape index (κ1) is 16.1. The van der Waals surface area contributed by atoms with Gasteiger partial charge in [-0.1, -0.05) is 6.07 Å². The number of aryl methyl sites for hydroxylation is 2. The Labute approximate surface area is 147 Å². The van der Waals surface area contributed by atoms with Crippen molar-refractivity contribution in [2.75, 3.05) is 13.1 Å². The van der Waals surface area contributed by atoms with Crippen molar-refractivity contribution in [2.24, 2.45) is 5.92 Å². The average molecular weight is 340 g/mol. The van der Waals surface area contributed by atoms with E-state index in [-0.39, 0.29) is 17.9 Å². The number of amides is 1. The lowest BCUT2D eigenvalue weighted by Gasteiger charge is -2.35. The highest BCUT2D eigenvalue weighted by molar-refractivity contribution is 5.79. The molecule has 4 rings (SSSR count). The molecule has 0 spiro atoms. The zero-order valence-electron chi connectivity index (χ0n) is 14.6. The maximum Gasteiger partial charge on any atom is 0.226 e. The van der Waals surface area contributed by atoms with Crippen LogP contribution >= 0.6 is 0 Å². The summed E-state index contributed by atoms with van der Waals surface area (Å²) in [5.74, 6) is 1.06. The van der Waals surface area contributed by atoms with E-state index in [9.17, 15) is 4.79 Å². The molecule has 0 radical (unpaired) electrons. The third kappa shape index (κ3) is 3.52. The van der Waals surface area contributed by atoms with Gasteiger partial charge < -0.3 is 14.6 Å². The minimum absolute atomic E-state index is 0.0869. The Morgan fingerprint density at radius 2 is 2.12 bits per heavy atom. The fourth-order valence-corrected chi connectivity index (χ4v) is 3.82. The van der Waals surface area contributed by atoms with Crippen LogP contribution in [0.3, 0.4) is 0 Å². The second kappa shape index (κ2) is 6.86. The standard InChI is InChI=1S/C19H24N4O2/c1-13-3-2-4-18(22-13)25-15-7-9-23(10-8-15)19(24)14-5-6-16-17(11-14)21-12-20-16/h2-4,12,14-15H,5-11H2,1H3,(H,20,21)/t14-/m0/s1. The Hall–Kier alpha value is -2.37. The van der Waals surface area contributed by atoms with Gasteiger partial charge in [0.05, 0.1) is 12.0 Å². The van der Waals surface area contributed by atoms with E-state index in [1.165, 1.54) is 0 Å². The van der Waals surface area contributed by atoms with Gasteiger partial charge in [0.15, 0.2) is 0 Å². The van der Waals surface area contributed by atoms with Crippen molar-refractivity contribution in [3.05, 3.63) is 41.6 Å². The predicted octanol–water partition coefficient (Wildman–Crippen LogP) is 2.29. The van der Waals surface area contributed by atoms with Gasteiger partial charge in [-0.15, -0.1) is 0 Å². The molecule has 1 atom stereocenters. The van der Waals surface area contributed by atoms with Gasteiger partial charge in [0.25, 0.3) is 0 Å². The Bertz CT molecular complexity index is 749. The molecular weight excluding hydrogens is 316 g/mol. The number of carbonyl (C=O) groups excluding carboxylic acids is 1. The van der Waals surface area contributed by atoms with Crippen LogP contribution in [0.4, 0.5) is 0 Å². The summed E-state index contributed by atoms with van der Waals surface area (Å²) in [6.45, 7) is 3.49. The van der Waals surface area contributed by atoms with Gasteiger partial charge in [-0.2, -0.15) is 0 Å². The summed E-state index contributed by atoms with van der Waals surface area (Å²) in [7, 11) is 0. The highest BCUT2D eigenvalue weighted by atomic mass is 16.5. The summed E-state index contributed by atoms with van der Waals surface area (Å²) in [5, 5.41) is 0. The van der Waals surface area contributed by atoms with Gasteiger partial charge in [-0.25, -0.2) is 9.97 Å². The molecule has 1 aliphatic carbocycles. The van der Waals surface area contributed by atoms with E-state index in [1.807, 2.05) is 30.0 Å². The van der Waals surface area contributed by atoms with E-state index in [4.69, 9.17) is 4.74 Å². The smallest absolute Gasteiger partial charge is 0.226 e. The summed E-state index contributed by atoms with van der Waals surface area (Å²) in [6, 6.07) is 5.82. The number of imidazole rings is 1. The first-order chi connectivity index (χ1) is 12.2. The Kier molecular flexibility index (Phi) is 4.42. The lowest BCUT2D eigenvalue weighted by molar-refractivity contribution is -0.137. The fraction of sp³-hybridized carbons (Fsp3) is 0.526. The van der Waals surface area contributed by atoms with Crippen LogP contribution < -0.4 is 4.74 Å². The van der Waals surface area contributed by atoms with E-state index >= 15 is 0 Å². The van der Waals surface area contributed by atoms with E-state index in [1.54, 1.807) is 6.33 Å². The minimum Gasteiger partial charge on any atom is -0.474 e. The van der Waals surface area contributed by atoms with Crippen LogP contribution in [-0.4, -0.2) is 45.0 Å². The van der Waals surface area contributed by atoms with Gasteiger partial charge in [-0.3, -0.25) is 4.79 Å². The summed E-state index contributed by atoms with van der Waals surface area (Å²) < 4.78 is 5.98. The van der Waals surface area contributed by atoms with Gasteiger partial charge in [0, 0.05) is 55.7 Å². The molecule has 1 saturated heterocycles. The number of carbonyl (C=O) groups is 1. The number of aromatic amines is 1. The molecule has 6 nitrogen and oxygen atoms in total. The first-order valence-electron chi connectivity index (χ1n) is 9.09. The molecule has 2 aliphatic rings. The van der Waals surface area contributed by atoms with Crippen molar-refractivity contribution in [1.29, 1.82) is 0 Å². The van der Waals surface area contributed by atoms with Crippen LogP contribution in [0.25, 0.3) is 0 Å². The number of hydrogen-bond donors (Lipinski definition) is 1. The van der Waals surface area contributed by atoms with E-state index < -0.39 is 0 Å². The highest BCUT2D eigenvalue weighted by Gasteiger charge is 2.32. The monoisotopic (exact) mass is 340 g/mol. The molecule has 2 aromatic heterocycles. The predicted molar refractivity (Wildman–Crippen MR) is 93.3 cm³/mol. The maximum atomic E-state index is 12.8. The Morgan fingerprint density at radius 1 is 1.28 bits per heavy atom. The van der Waals surface area contributed by atoms with E-state index in [0.717, 1.165) is 62.3 Å². The van der Waals surface area contributed by atoms with Gasteiger partial charge in [0.2, 0.25) is 11.8 Å². The number of aromatic nitrogens is 3. The minimum atomic E-state index is 0.0869. The summed E-state index contributed by atoms with van der Waals surface area (Å²) >= 11 is 0. The Morgan fingerprint density at radius 3 is 2.92 bits per heavy atom. The van der Waals surface area contributed by atoms with Crippen molar-refractivity contribution < 1.29 is 9.53 Å². The SMILES string of the molecule is Cc1cccc(OC2CCN(C(=O)[C@H]3CCc4nc[nH]c4C3)CC2)n1. The number of nitrogens with one attached hydrogen (secondary N) is 1. The molecule has 0 unspecified atom stereocenters. The highest BCUT2D eigenvalue weighted by Crippen LogP contribution is 2.26. The summed E-state index contributed by atoms with van der Waals surface area (Å²) in [5.41, 5.74) is 3.22. The van der Waals surface area contributed by atoms with Crippen molar-refractivity contribution in [1.82, 2.24) is 19.9 Å². The fourth-order valence-electron chi connectivity index (χ4n) is 3.82. The van der Waals surface area contributed by atoms with E-state index in [0.29, 0.717) is 5.88 Å². The lowest BCUT2D eigenvalue weighted by Crippen LogP contribution is -2.45. The van der Waals surface area contributed by atoms with Crippen molar-refractivity contribution >= 4 is 5.91 Å². The van der Waals surface area contributed by atoms with Crippen LogP contribution in [0.2, 0.25) is 0 Å². The first-order valence-corrected chi connectivity index (χ1v) is 9.09. The normalized spacial score (nSPS) is 21.0. The summed E-state index contributed by atoms with van der Waals surface area (Å²) in [4.78, 5) is 26.7. The van der Waals surface area contributed by atoms with Crippen LogP contribution in [0.5, 0.6) is 5.88 Å². The molecule has 1 N–H and O–H groups in total. The van der Waals surface area contributed by atoms with Crippen molar-refractivity contribution in [2.45, 2.75) is 45.1 Å². The molecular formula is C19H24N4O2. The number of nitrogens with zero attached hydrogens (tertiary/aromatic N) is 3. The molecule has 2 aromatic rings. The van der Waals surface area contributed by atoms with Gasteiger partial charge in [-0.05, 0) is 25.8 Å². The largest absolute Gasteiger partial charge is 0.474 e. The molecule has 1 amide bonds. The molecule has 0 saturated carbocycles. The maximum absolute atomic E-state index is 12.8. The zero-order chi connectivity index (χ0) is 17.2. The third-order valence-electron chi connectivity index (χ3n) is 5.24. The molecule has 6 heteroatoms. The van der Waals surface area contributed by atoms with Crippen LogP contribution in [0.15, 0.2) is 24.5 Å². The number of ether oxygens (including phenoxy) is 1. The lowest BCUT2D eigenvalue weighted by atomic mass is 9.88. The molecule has 1 aliphatic heterocycles. The molecule has 3 heterocycles. The van der Waals surface area contributed by atoms with E-state index in [2.05, 4.69) is 15.0 Å². The van der Waals surface area contributed by atoms with Crippen molar-refractivity contribution in [3.8, 4) is 5.88 Å². The van der Waals surface area contributed by atoms with Crippen LogP contribution in [0.1, 0.15) is 36.3 Å². The van der Waals surface area contributed by atoms with Gasteiger partial charge >= 0.3 is 0 Å². The summed E-state index contributed by atoms with van der Waals surface area (Å²) in [6.07, 6.45) is 6.20. The number of likely N-dealkylation sites (tertiary alicyclic amines) is 1. The van der Waals surface area contributed by atoms with Gasteiger partial charge in [0.1, 0.15) is 6.10 Å². The second-order valence-corrected chi connectivity index (χ2v) is 7.03. The van der Waals surface area contributed by atoms with Crippen LogP contribution in [-0.2, 0) is 17.6 Å². The number of rotatable bonds is 3.